The zero-order chi connectivity index (χ0) is 25.3. The number of nitrogens with two attached hydrogens (primary N) is 1. The van der Waals surface area contributed by atoms with E-state index in [0.717, 1.165) is 6.07 Å². The van der Waals surface area contributed by atoms with E-state index < -0.39 is 29.9 Å². The van der Waals surface area contributed by atoms with Crippen LogP contribution in [0.15, 0.2) is 42.5 Å². The van der Waals surface area contributed by atoms with Gasteiger partial charge in [-0.2, -0.15) is 23.5 Å². The first-order valence-electron chi connectivity index (χ1n) is 10.7. The number of carbonyl (C=O) groups is 1. The third-order valence-corrected chi connectivity index (χ3v) is 5.81. The summed E-state index contributed by atoms with van der Waals surface area (Å²) in [5.41, 5.74) is 6.95. The molecule has 11 heteroatoms. The van der Waals surface area contributed by atoms with E-state index in [-0.39, 0.29) is 34.9 Å². The fourth-order valence-corrected chi connectivity index (χ4v) is 3.91. The summed E-state index contributed by atoms with van der Waals surface area (Å²) in [5, 5.41) is 16.3. The molecule has 0 bridgehead atoms. The molecule has 1 amide bonds. The van der Waals surface area contributed by atoms with Crippen molar-refractivity contribution in [2.45, 2.75) is 31.6 Å². The van der Waals surface area contributed by atoms with E-state index >= 15 is 0 Å². The molecular weight excluding hydrogens is 466 g/mol. The van der Waals surface area contributed by atoms with Crippen molar-refractivity contribution in [1.29, 1.82) is 5.26 Å². The number of aromatic nitrogens is 2. The van der Waals surface area contributed by atoms with Crippen LogP contribution in [0.2, 0.25) is 0 Å². The SMILES string of the molecule is COc1ccc(F)cc1C(=O)NCc1ccc(-c2nn(C(C3CC3)C(F)(F)F)c(N)c2C#N)cc1. The number of carbonyl (C=O) groups excluding carboxylic acids is 1. The monoisotopic (exact) mass is 487 g/mol. The number of hydrogen-bond donors (Lipinski definition) is 2. The van der Waals surface area contributed by atoms with Gasteiger partial charge >= 0.3 is 6.18 Å². The molecule has 2 aromatic carbocycles. The third-order valence-electron chi connectivity index (χ3n) is 5.81. The van der Waals surface area contributed by atoms with E-state index in [0.29, 0.717) is 28.7 Å². The largest absolute Gasteiger partial charge is 0.496 e. The van der Waals surface area contributed by atoms with Crippen LogP contribution >= 0.6 is 0 Å². The van der Waals surface area contributed by atoms with E-state index in [9.17, 15) is 27.6 Å². The summed E-state index contributed by atoms with van der Waals surface area (Å²) >= 11 is 0. The molecule has 3 aromatic rings. The van der Waals surface area contributed by atoms with Gasteiger partial charge in [-0.1, -0.05) is 24.3 Å². The normalized spacial score (nSPS) is 14.3. The van der Waals surface area contributed by atoms with Gasteiger partial charge in [-0.05, 0) is 42.5 Å². The number of benzene rings is 2. The van der Waals surface area contributed by atoms with Gasteiger partial charge in [0.2, 0.25) is 0 Å². The summed E-state index contributed by atoms with van der Waals surface area (Å²) in [5.74, 6) is -1.83. The number of halogens is 4. The Balaban J connectivity index is 1.54. The van der Waals surface area contributed by atoms with Crippen molar-refractivity contribution in [3.63, 3.8) is 0 Å². The predicted octanol–water partition coefficient (Wildman–Crippen LogP) is 4.60. The van der Waals surface area contributed by atoms with Crippen molar-refractivity contribution in [1.82, 2.24) is 15.1 Å². The van der Waals surface area contributed by atoms with Crippen LogP contribution in [0.3, 0.4) is 0 Å². The van der Waals surface area contributed by atoms with Crippen LogP contribution in [0, 0.1) is 23.1 Å². The maximum absolute atomic E-state index is 13.7. The Morgan fingerprint density at radius 3 is 2.54 bits per heavy atom. The summed E-state index contributed by atoms with van der Waals surface area (Å²) in [6.45, 7) is 0.0955. The van der Waals surface area contributed by atoms with Crippen molar-refractivity contribution in [3.05, 3.63) is 65.0 Å². The second-order valence-electron chi connectivity index (χ2n) is 8.21. The van der Waals surface area contributed by atoms with Gasteiger partial charge in [-0.15, -0.1) is 0 Å². The fourth-order valence-electron chi connectivity index (χ4n) is 3.91. The molecule has 0 aliphatic heterocycles. The molecule has 1 aromatic heterocycles. The van der Waals surface area contributed by atoms with Crippen LogP contribution in [-0.2, 0) is 6.54 Å². The molecule has 1 atom stereocenters. The van der Waals surface area contributed by atoms with Crippen molar-refractivity contribution in [2.75, 3.05) is 12.8 Å². The highest BCUT2D eigenvalue weighted by Gasteiger charge is 2.51. The summed E-state index contributed by atoms with van der Waals surface area (Å²) in [4.78, 5) is 12.5. The van der Waals surface area contributed by atoms with E-state index in [1.54, 1.807) is 24.3 Å². The zero-order valence-corrected chi connectivity index (χ0v) is 18.6. The number of ether oxygens (including phenoxy) is 1. The number of nitriles is 1. The molecule has 182 valence electrons. The molecule has 1 aliphatic rings. The Kier molecular flexibility index (Phi) is 6.39. The number of anilines is 1. The average Bonchev–Trinajstić information content (AvgIpc) is 3.60. The van der Waals surface area contributed by atoms with Gasteiger partial charge in [0.25, 0.3) is 5.91 Å². The molecule has 0 saturated heterocycles. The van der Waals surface area contributed by atoms with Gasteiger partial charge < -0.3 is 15.8 Å². The molecule has 3 N–H and O–H groups in total. The zero-order valence-electron chi connectivity index (χ0n) is 18.6. The lowest BCUT2D eigenvalue weighted by Gasteiger charge is -2.21. The molecular formula is C24H21F4N5O2. The van der Waals surface area contributed by atoms with Gasteiger partial charge in [0, 0.05) is 12.1 Å². The Labute approximate surface area is 198 Å². The topological polar surface area (TPSA) is 106 Å². The minimum Gasteiger partial charge on any atom is -0.496 e. The summed E-state index contributed by atoms with van der Waals surface area (Å²) in [7, 11) is 1.37. The average molecular weight is 487 g/mol. The molecule has 4 rings (SSSR count). The number of methoxy groups -OCH3 is 1. The summed E-state index contributed by atoms with van der Waals surface area (Å²) in [6.07, 6.45) is -3.71. The number of nitrogen functional groups attached to an aromatic ring is 1. The fraction of sp³-hybridized carbons (Fsp3) is 0.292. The van der Waals surface area contributed by atoms with E-state index in [1.165, 1.54) is 19.2 Å². The first-order chi connectivity index (χ1) is 16.6. The van der Waals surface area contributed by atoms with Crippen LogP contribution in [0.25, 0.3) is 11.3 Å². The lowest BCUT2D eigenvalue weighted by atomic mass is 10.1. The first kappa shape index (κ1) is 24.1. The van der Waals surface area contributed by atoms with Gasteiger partial charge in [0.15, 0.2) is 6.04 Å². The predicted molar refractivity (Wildman–Crippen MR) is 119 cm³/mol. The van der Waals surface area contributed by atoms with Crippen LogP contribution in [0.4, 0.5) is 23.4 Å². The Bertz CT molecular complexity index is 1290. The van der Waals surface area contributed by atoms with Gasteiger partial charge in [0.1, 0.15) is 34.7 Å². The van der Waals surface area contributed by atoms with Crippen molar-refractivity contribution < 1.29 is 27.1 Å². The molecule has 1 saturated carbocycles. The highest BCUT2D eigenvalue weighted by Crippen LogP contribution is 2.49. The number of nitrogens with zero attached hydrogens (tertiary/aromatic N) is 3. The van der Waals surface area contributed by atoms with Crippen molar-refractivity contribution in [2.24, 2.45) is 5.92 Å². The first-order valence-corrected chi connectivity index (χ1v) is 10.7. The Morgan fingerprint density at radius 1 is 1.29 bits per heavy atom. The van der Waals surface area contributed by atoms with Gasteiger partial charge in [-0.25, -0.2) is 9.07 Å². The van der Waals surface area contributed by atoms with Crippen LogP contribution < -0.4 is 15.8 Å². The number of hydrogen-bond acceptors (Lipinski definition) is 5. The highest BCUT2D eigenvalue weighted by atomic mass is 19.4. The number of alkyl halides is 3. The Morgan fingerprint density at radius 2 is 1.97 bits per heavy atom. The quantitative estimate of drug-likeness (QED) is 0.474. The standard InChI is InChI=1S/C24H21F4N5O2/c1-35-19-9-8-16(25)10-17(19)23(34)31-12-13-2-4-14(5-3-13)20-18(11-29)22(30)33(32-20)21(15-6-7-15)24(26,27)28/h2-5,8-10,15,21H,6-7,12,30H2,1H3,(H,31,34). The molecule has 7 nitrogen and oxygen atoms in total. The van der Waals surface area contributed by atoms with Gasteiger partial charge in [0.05, 0.1) is 12.7 Å². The maximum atomic E-state index is 13.7. The molecule has 1 fully saturated rings. The maximum Gasteiger partial charge on any atom is 0.411 e. The van der Waals surface area contributed by atoms with Crippen LogP contribution in [0.1, 0.15) is 40.4 Å². The lowest BCUT2D eigenvalue weighted by Crippen LogP contribution is -2.30. The van der Waals surface area contributed by atoms with Crippen molar-refractivity contribution >= 4 is 11.7 Å². The van der Waals surface area contributed by atoms with Crippen LogP contribution in [-0.4, -0.2) is 29.0 Å². The number of amides is 1. The smallest absolute Gasteiger partial charge is 0.411 e. The van der Waals surface area contributed by atoms with Gasteiger partial charge in [-0.3, -0.25) is 4.79 Å². The number of nitrogens with one attached hydrogen (secondary N) is 1. The van der Waals surface area contributed by atoms with E-state index in [4.69, 9.17) is 10.5 Å². The molecule has 0 radical (unpaired) electrons. The van der Waals surface area contributed by atoms with Crippen molar-refractivity contribution in [3.8, 4) is 23.1 Å². The molecule has 1 aliphatic carbocycles. The van der Waals surface area contributed by atoms with Crippen LogP contribution in [0.5, 0.6) is 5.75 Å². The lowest BCUT2D eigenvalue weighted by molar-refractivity contribution is -0.175. The van der Waals surface area contributed by atoms with E-state index in [2.05, 4.69) is 10.4 Å². The highest BCUT2D eigenvalue weighted by molar-refractivity contribution is 5.96. The number of rotatable bonds is 7. The second-order valence-corrected chi connectivity index (χ2v) is 8.21. The van der Waals surface area contributed by atoms with E-state index in [1.807, 2.05) is 6.07 Å². The minimum absolute atomic E-state index is 0.0404. The molecule has 1 unspecified atom stereocenters. The molecule has 1 heterocycles. The third kappa shape index (κ3) is 4.91. The summed E-state index contributed by atoms with van der Waals surface area (Å²) < 4.78 is 60.3. The molecule has 35 heavy (non-hydrogen) atoms. The minimum atomic E-state index is -4.54. The molecule has 0 spiro atoms. The Hall–Kier alpha value is -4.07. The second kappa shape index (κ2) is 9.29. The summed E-state index contributed by atoms with van der Waals surface area (Å²) in [6, 6.07) is 10.0.